The Kier molecular flexibility index (Phi) is 3.37. The molecule has 0 aliphatic rings. The molecule has 0 fully saturated rings. The van der Waals surface area contributed by atoms with Crippen LogP contribution in [0.1, 0.15) is 10.4 Å². The number of carbonyl (C=O) groups is 1. The van der Waals surface area contributed by atoms with Crippen molar-refractivity contribution in [2.45, 2.75) is 0 Å². The zero-order chi connectivity index (χ0) is 13.1. The van der Waals surface area contributed by atoms with Gasteiger partial charge in [0.05, 0.1) is 7.11 Å². The summed E-state index contributed by atoms with van der Waals surface area (Å²) in [5.74, 6) is -0.626. The van der Waals surface area contributed by atoms with Crippen LogP contribution in [0.25, 0.3) is 11.1 Å². The molecule has 0 aromatic heterocycles. The first-order valence-corrected chi connectivity index (χ1v) is 5.23. The lowest BCUT2D eigenvalue weighted by molar-refractivity contribution is 0.112. The number of carbonyl (C=O) groups excluding carboxylic acids is 1. The van der Waals surface area contributed by atoms with Crippen molar-refractivity contribution in [2.75, 3.05) is 7.11 Å². The highest BCUT2D eigenvalue weighted by Crippen LogP contribution is 2.28. The molecule has 0 N–H and O–H groups in total. The Balaban J connectivity index is 2.60. The average molecular weight is 248 g/mol. The second-order valence-electron chi connectivity index (χ2n) is 3.74. The number of methoxy groups -OCH3 is 1. The standard InChI is InChI=1S/C14H10F2O2/c1-18-12-2-3-14(16)13(7-12)10-4-9(8-17)5-11(15)6-10/h2-8H,1H3. The van der Waals surface area contributed by atoms with E-state index in [1.54, 1.807) is 0 Å². The summed E-state index contributed by atoms with van der Waals surface area (Å²) in [5, 5.41) is 0. The molecule has 18 heavy (non-hydrogen) atoms. The molecule has 0 heterocycles. The maximum Gasteiger partial charge on any atom is 0.150 e. The van der Waals surface area contributed by atoms with Crippen LogP contribution in [0.4, 0.5) is 8.78 Å². The summed E-state index contributed by atoms with van der Waals surface area (Å²) >= 11 is 0. The number of ether oxygens (including phenoxy) is 1. The van der Waals surface area contributed by atoms with Crippen molar-refractivity contribution in [3.05, 3.63) is 53.6 Å². The number of hydrogen-bond donors (Lipinski definition) is 0. The molecule has 0 aliphatic carbocycles. The first-order valence-electron chi connectivity index (χ1n) is 5.23. The Hall–Kier alpha value is -2.23. The van der Waals surface area contributed by atoms with Gasteiger partial charge in [0, 0.05) is 11.1 Å². The van der Waals surface area contributed by atoms with Crippen LogP contribution in [0.2, 0.25) is 0 Å². The molecule has 0 atom stereocenters. The van der Waals surface area contributed by atoms with E-state index in [0.29, 0.717) is 17.6 Å². The fourth-order valence-corrected chi connectivity index (χ4v) is 1.69. The molecule has 2 rings (SSSR count). The van der Waals surface area contributed by atoms with Gasteiger partial charge in [-0.1, -0.05) is 0 Å². The molecule has 2 nitrogen and oxygen atoms in total. The van der Waals surface area contributed by atoms with E-state index >= 15 is 0 Å². The first kappa shape index (κ1) is 12.2. The summed E-state index contributed by atoms with van der Waals surface area (Å²) in [7, 11) is 1.46. The molecule has 0 saturated heterocycles. The number of benzene rings is 2. The molecule has 0 saturated carbocycles. The third-order valence-electron chi connectivity index (χ3n) is 2.54. The van der Waals surface area contributed by atoms with E-state index in [1.165, 1.54) is 37.4 Å². The van der Waals surface area contributed by atoms with Crippen molar-refractivity contribution >= 4 is 6.29 Å². The molecular weight excluding hydrogens is 238 g/mol. The van der Waals surface area contributed by atoms with E-state index in [2.05, 4.69) is 0 Å². The van der Waals surface area contributed by atoms with Gasteiger partial charge in [0.1, 0.15) is 23.7 Å². The molecule has 0 radical (unpaired) electrons. The van der Waals surface area contributed by atoms with Gasteiger partial charge in [0.15, 0.2) is 0 Å². The number of rotatable bonds is 3. The predicted molar refractivity (Wildman–Crippen MR) is 63.7 cm³/mol. The first-order chi connectivity index (χ1) is 8.63. The Labute approximate surface area is 103 Å². The largest absolute Gasteiger partial charge is 0.497 e. The van der Waals surface area contributed by atoms with Crippen molar-refractivity contribution < 1.29 is 18.3 Å². The minimum atomic E-state index is -0.586. The molecule has 2 aromatic carbocycles. The van der Waals surface area contributed by atoms with Gasteiger partial charge in [0.25, 0.3) is 0 Å². The quantitative estimate of drug-likeness (QED) is 0.777. The van der Waals surface area contributed by atoms with Gasteiger partial charge in [-0.2, -0.15) is 0 Å². The van der Waals surface area contributed by atoms with E-state index in [9.17, 15) is 13.6 Å². The summed E-state index contributed by atoms with van der Waals surface area (Å²) in [5.41, 5.74) is 0.651. The van der Waals surface area contributed by atoms with Crippen LogP contribution in [-0.4, -0.2) is 13.4 Å². The third-order valence-corrected chi connectivity index (χ3v) is 2.54. The maximum atomic E-state index is 13.7. The van der Waals surface area contributed by atoms with Crippen LogP contribution in [0.5, 0.6) is 5.75 Å². The van der Waals surface area contributed by atoms with Gasteiger partial charge in [-0.05, 0) is 42.0 Å². The zero-order valence-electron chi connectivity index (χ0n) is 9.61. The second-order valence-corrected chi connectivity index (χ2v) is 3.74. The molecule has 0 spiro atoms. The topological polar surface area (TPSA) is 26.3 Å². The van der Waals surface area contributed by atoms with Crippen molar-refractivity contribution in [1.29, 1.82) is 0 Å². The van der Waals surface area contributed by atoms with Crippen LogP contribution in [-0.2, 0) is 0 Å². The Morgan fingerprint density at radius 1 is 1.11 bits per heavy atom. The minimum absolute atomic E-state index is 0.159. The molecule has 0 unspecified atom stereocenters. The van der Waals surface area contributed by atoms with Gasteiger partial charge in [-0.25, -0.2) is 8.78 Å². The van der Waals surface area contributed by atoms with Crippen molar-refractivity contribution in [3.8, 4) is 16.9 Å². The van der Waals surface area contributed by atoms with Crippen LogP contribution in [0.3, 0.4) is 0 Å². The molecule has 92 valence electrons. The van der Waals surface area contributed by atoms with Gasteiger partial charge in [-0.3, -0.25) is 4.79 Å². The second kappa shape index (κ2) is 4.96. The third kappa shape index (κ3) is 2.37. The highest BCUT2D eigenvalue weighted by Gasteiger charge is 2.09. The van der Waals surface area contributed by atoms with Crippen molar-refractivity contribution in [2.24, 2.45) is 0 Å². The molecule has 0 aliphatic heterocycles. The normalized spacial score (nSPS) is 10.2. The van der Waals surface area contributed by atoms with E-state index in [1.807, 2.05) is 0 Å². The van der Waals surface area contributed by atoms with Crippen LogP contribution >= 0.6 is 0 Å². The van der Waals surface area contributed by atoms with E-state index in [0.717, 1.165) is 6.07 Å². The SMILES string of the molecule is COc1ccc(F)c(-c2cc(F)cc(C=O)c2)c1. The fourth-order valence-electron chi connectivity index (χ4n) is 1.69. The van der Waals surface area contributed by atoms with E-state index in [4.69, 9.17) is 4.74 Å². The van der Waals surface area contributed by atoms with Gasteiger partial charge in [-0.15, -0.1) is 0 Å². The lowest BCUT2D eigenvalue weighted by Gasteiger charge is -2.07. The number of halogens is 2. The molecule has 0 bridgehead atoms. The maximum absolute atomic E-state index is 13.7. The highest BCUT2D eigenvalue weighted by atomic mass is 19.1. The summed E-state index contributed by atoms with van der Waals surface area (Å²) in [6.45, 7) is 0. The smallest absolute Gasteiger partial charge is 0.150 e. The summed E-state index contributed by atoms with van der Waals surface area (Å²) < 4.78 is 32.0. The van der Waals surface area contributed by atoms with E-state index < -0.39 is 11.6 Å². The Morgan fingerprint density at radius 2 is 1.89 bits per heavy atom. The zero-order valence-corrected chi connectivity index (χ0v) is 9.61. The van der Waals surface area contributed by atoms with Gasteiger partial charge < -0.3 is 4.74 Å². The highest BCUT2D eigenvalue weighted by molar-refractivity contribution is 5.79. The Morgan fingerprint density at radius 3 is 2.56 bits per heavy atom. The molecular formula is C14H10F2O2. The van der Waals surface area contributed by atoms with Crippen LogP contribution in [0, 0.1) is 11.6 Å². The van der Waals surface area contributed by atoms with Crippen molar-refractivity contribution in [1.82, 2.24) is 0 Å². The monoisotopic (exact) mass is 248 g/mol. The van der Waals surface area contributed by atoms with E-state index in [-0.39, 0.29) is 11.1 Å². The van der Waals surface area contributed by atoms with Gasteiger partial charge >= 0.3 is 0 Å². The van der Waals surface area contributed by atoms with Crippen molar-refractivity contribution in [3.63, 3.8) is 0 Å². The number of hydrogen-bond acceptors (Lipinski definition) is 2. The number of aldehydes is 1. The summed E-state index contributed by atoms with van der Waals surface area (Å²) in [6.07, 6.45) is 0.519. The summed E-state index contributed by atoms with van der Waals surface area (Å²) in [6, 6.07) is 7.85. The molecule has 0 amide bonds. The fraction of sp³-hybridized carbons (Fsp3) is 0.0714. The summed E-state index contributed by atoms with van der Waals surface area (Å²) in [4.78, 5) is 10.7. The minimum Gasteiger partial charge on any atom is -0.497 e. The van der Waals surface area contributed by atoms with Crippen LogP contribution in [0.15, 0.2) is 36.4 Å². The van der Waals surface area contributed by atoms with Gasteiger partial charge in [0.2, 0.25) is 0 Å². The molecule has 2 aromatic rings. The van der Waals surface area contributed by atoms with Crippen LogP contribution < -0.4 is 4.74 Å². The predicted octanol–water partition coefficient (Wildman–Crippen LogP) is 3.45. The lowest BCUT2D eigenvalue weighted by atomic mass is 10.0. The Bertz CT molecular complexity index is 594. The lowest BCUT2D eigenvalue weighted by Crippen LogP contribution is -1.91. The molecule has 4 heteroatoms. The average Bonchev–Trinajstić information content (AvgIpc) is 2.38.